The van der Waals surface area contributed by atoms with Gasteiger partial charge in [0.15, 0.2) is 5.82 Å². The molecule has 1 nitrogen and oxygen atoms in total. The SMILES string of the molecule is CCC[C@H]1CC[C@H](C#Cc2cc(F)c(F)nc2F)CC1. The molecule has 0 radical (unpaired) electrons. The first-order chi connectivity index (χ1) is 9.60. The summed E-state index contributed by atoms with van der Waals surface area (Å²) in [4.78, 5) is 2.86. The molecular formula is C16H18F3N. The molecule has 1 aromatic rings. The number of aromatic nitrogens is 1. The molecule has 1 aromatic heterocycles. The van der Waals surface area contributed by atoms with Crippen LogP contribution >= 0.6 is 0 Å². The Hall–Kier alpha value is -1.50. The van der Waals surface area contributed by atoms with Gasteiger partial charge in [-0.1, -0.05) is 31.6 Å². The Bertz CT molecular complexity index is 523. The van der Waals surface area contributed by atoms with Crippen molar-refractivity contribution in [1.29, 1.82) is 0 Å². The van der Waals surface area contributed by atoms with Gasteiger partial charge in [0, 0.05) is 5.92 Å². The molecule has 0 spiro atoms. The number of rotatable bonds is 2. The van der Waals surface area contributed by atoms with Crippen LogP contribution in [0.5, 0.6) is 0 Å². The highest BCUT2D eigenvalue weighted by atomic mass is 19.2. The minimum atomic E-state index is -1.42. The van der Waals surface area contributed by atoms with Crippen molar-refractivity contribution in [2.45, 2.75) is 45.4 Å². The number of pyridine rings is 1. The van der Waals surface area contributed by atoms with Crippen molar-refractivity contribution in [3.8, 4) is 11.8 Å². The van der Waals surface area contributed by atoms with Gasteiger partial charge in [-0.15, -0.1) is 0 Å². The normalized spacial score (nSPS) is 22.2. The van der Waals surface area contributed by atoms with E-state index in [0.29, 0.717) is 0 Å². The van der Waals surface area contributed by atoms with Crippen LogP contribution in [0.3, 0.4) is 0 Å². The van der Waals surface area contributed by atoms with E-state index in [9.17, 15) is 13.2 Å². The Morgan fingerprint density at radius 2 is 1.85 bits per heavy atom. The Labute approximate surface area is 117 Å². The number of hydrogen-bond donors (Lipinski definition) is 0. The second-order valence-corrected chi connectivity index (χ2v) is 5.38. The van der Waals surface area contributed by atoms with Crippen LogP contribution in [0.4, 0.5) is 13.2 Å². The zero-order valence-corrected chi connectivity index (χ0v) is 11.6. The quantitative estimate of drug-likeness (QED) is 0.576. The van der Waals surface area contributed by atoms with Crippen LogP contribution in [-0.4, -0.2) is 4.98 Å². The fourth-order valence-electron chi connectivity index (χ4n) is 2.72. The third-order valence-corrected chi connectivity index (χ3v) is 3.84. The summed E-state index contributed by atoms with van der Waals surface area (Å²) in [5.74, 6) is 2.94. The van der Waals surface area contributed by atoms with E-state index in [0.717, 1.165) is 37.7 Å². The Morgan fingerprint density at radius 3 is 2.50 bits per heavy atom. The Morgan fingerprint density at radius 1 is 1.15 bits per heavy atom. The topological polar surface area (TPSA) is 12.9 Å². The van der Waals surface area contributed by atoms with Gasteiger partial charge in [0.05, 0.1) is 5.56 Å². The molecule has 0 aromatic carbocycles. The molecular weight excluding hydrogens is 263 g/mol. The second-order valence-electron chi connectivity index (χ2n) is 5.38. The summed E-state index contributed by atoms with van der Waals surface area (Å²) in [6.45, 7) is 2.19. The minimum absolute atomic E-state index is 0.167. The maximum absolute atomic E-state index is 13.3. The highest BCUT2D eigenvalue weighted by Gasteiger charge is 2.19. The number of halogens is 3. The summed E-state index contributed by atoms with van der Waals surface area (Å²) in [6, 6.07) is 0.771. The van der Waals surface area contributed by atoms with Gasteiger partial charge in [0.2, 0.25) is 5.95 Å². The lowest BCUT2D eigenvalue weighted by atomic mass is 9.80. The summed E-state index contributed by atoms with van der Waals surface area (Å²) in [6.07, 6.45) is 6.73. The smallest absolute Gasteiger partial charge is 0.202 e. The van der Waals surface area contributed by atoms with Crippen LogP contribution in [0.15, 0.2) is 6.07 Å². The Kier molecular flexibility index (Phi) is 5.05. The van der Waals surface area contributed by atoms with Crippen molar-refractivity contribution >= 4 is 0 Å². The standard InChI is InChI=1S/C16H18F3N/c1-2-3-11-4-6-12(7-5-11)8-9-13-10-14(17)16(19)20-15(13)18/h10-12H,2-7H2,1H3/t11-,12-. The van der Waals surface area contributed by atoms with Gasteiger partial charge in [-0.3, -0.25) is 0 Å². The lowest BCUT2D eigenvalue weighted by Crippen LogP contribution is -2.13. The largest absolute Gasteiger partial charge is 0.251 e. The molecule has 2 rings (SSSR count). The summed E-state index contributed by atoms with van der Waals surface area (Å²) in [5, 5.41) is 0. The molecule has 20 heavy (non-hydrogen) atoms. The van der Waals surface area contributed by atoms with Gasteiger partial charge < -0.3 is 0 Å². The van der Waals surface area contributed by atoms with Gasteiger partial charge in [0.25, 0.3) is 5.95 Å². The number of nitrogens with zero attached hydrogens (tertiary/aromatic N) is 1. The van der Waals surface area contributed by atoms with E-state index in [1.165, 1.54) is 12.8 Å². The maximum Gasteiger partial charge on any atom is 0.251 e. The van der Waals surface area contributed by atoms with E-state index >= 15 is 0 Å². The van der Waals surface area contributed by atoms with E-state index in [1.807, 2.05) is 0 Å². The predicted octanol–water partition coefficient (Wildman–Crippen LogP) is 4.46. The summed E-state index contributed by atoms with van der Waals surface area (Å²) in [7, 11) is 0. The van der Waals surface area contributed by atoms with Crippen molar-refractivity contribution in [3.63, 3.8) is 0 Å². The minimum Gasteiger partial charge on any atom is -0.202 e. The third-order valence-electron chi connectivity index (χ3n) is 3.84. The van der Waals surface area contributed by atoms with Crippen LogP contribution in [0.1, 0.15) is 51.0 Å². The molecule has 0 aliphatic heterocycles. The lowest BCUT2D eigenvalue weighted by Gasteiger charge is -2.25. The summed E-state index contributed by atoms with van der Waals surface area (Å²) in [5.41, 5.74) is -0.167. The molecule has 0 saturated heterocycles. The fraction of sp³-hybridized carbons (Fsp3) is 0.562. The highest BCUT2D eigenvalue weighted by molar-refractivity contribution is 5.33. The van der Waals surface area contributed by atoms with Crippen molar-refractivity contribution in [1.82, 2.24) is 4.98 Å². The fourth-order valence-corrected chi connectivity index (χ4v) is 2.72. The highest BCUT2D eigenvalue weighted by Crippen LogP contribution is 2.31. The maximum atomic E-state index is 13.3. The first-order valence-corrected chi connectivity index (χ1v) is 7.13. The van der Waals surface area contributed by atoms with Crippen LogP contribution < -0.4 is 0 Å². The molecule has 1 heterocycles. The van der Waals surface area contributed by atoms with Crippen LogP contribution in [-0.2, 0) is 0 Å². The van der Waals surface area contributed by atoms with Gasteiger partial charge in [-0.2, -0.15) is 13.8 Å². The first-order valence-electron chi connectivity index (χ1n) is 7.13. The third kappa shape index (κ3) is 3.75. The van der Waals surface area contributed by atoms with Crippen molar-refractivity contribution in [2.75, 3.05) is 0 Å². The first kappa shape index (κ1) is 14.9. The molecule has 0 bridgehead atoms. The summed E-state index contributed by atoms with van der Waals surface area (Å²) >= 11 is 0. The average Bonchev–Trinajstić information content (AvgIpc) is 2.43. The molecule has 4 heteroatoms. The van der Waals surface area contributed by atoms with Gasteiger partial charge >= 0.3 is 0 Å². The average molecular weight is 281 g/mol. The molecule has 1 aliphatic carbocycles. The molecule has 1 saturated carbocycles. The lowest BCUT2D eigenvalue weighted by molar-refractivity contribution is 0.300. The van der Waals surface area contributed by atoms with Gasteiger partial charge in [-0.25, -0.2) is 4.39 Å². The van der Waals surface area contributed by atoms with E-state index in [2.05, 4.69) is 23.7 Å². The van der Waals surface area contributed by atoms with E-state index < -0.39 is 17.7 Å². The van der Waals surface area contributed by atoms with Crippen molar-refractivity contribution in [2.24, 2.45) is 11.8 Å². The summed E-state index contributed by atoms with van der Waals surface area (Å²) < 4.78 is 39.0. The zero-order valence-electron chi connectivity index (χ0n) is 11.6. The van der Waals surface area contributed by atoms with E-state index in [-0.39, 0.29) is 11.5 Å². The molecule has 0 amide bonds. The molecule has 1 fully saturated rings. The molecule has 0 unspecified atom stereocenters. The van der Waals surface area contributed by atoms with Gasteiger partial charge in [-0.05, 0) is 37.7 Å². The van der Waals surface area contributed by atoms with Crippen molar-refractivity contribution < 1.29 is 13.2 Å². The molecule has 0 atom stereocenters. The van der Waals surface area contributed by atoms with Crippen molar-refractivity contribution in [3.05, 3.63) is 29.3 Å². The predicted molar refractivity (Wildman–Crippen MR) is 71.3 cm³/mol. The van der Waals surface area contributed by atoms with E-state index in [4.69, 9.17) is 0 Å². The molecule has 1 aliphatic rings. The van der Waals surface area contributed by atoms with Crippen LogP contribution in [0.2, 0.25) is 0 Å². The second kappa shape index (κ2) is 6.78. The monoisotopic (exact) mass is 281 g/mol. The number of hydrogen-bond acceptors (Lipinski definition) is 1. The van der Waals surface area contributed by atoms with Crippen LogP contribution in [0.25, 0.3) is 0 Å². The molecule has 108 valence electrons. The van der Waals surface area contributed by atoms with Gasteiger partial charge in [0.1, 0.15) is 0 Å². The Balaban J connectivity index is 2.00. The van der Waals surface area contributed by atoms with Crippen LogP contribution in [0, 0.1) is 41.4 Å². The van der Waals surface area contributed by atoms with E-state index in [1.54, 1.807) is 0 Å². The zero-order chi connectivity index (χ0) is 14.5. The molecule has 0 N–H and O–H groups in total.